The number of hydrogen-bond acceptors (Lipinski definition) is 4. The van der Waals surface area contributed by atoms with E-state index in [0.29, 0.717) is 18.1 Å². The normalized spacial score (nSPS) is 27.3. The molecule has 0 aromatic carbocycles. The number of aromatic nitrogens is 1. The molecule has 2 rings (SSSR count). The van der Waals surface area contributed by atoms with Crippen molar-refractivity contribution in [1.29, 1.82) is 0 Å². The third-order valence-electron chi connectivity index (χ3n) is 3.36. The summed E-state index contributed by atoms with van der Waals surface area (Å²) in [6, 6.07) is 3.82. The van der Waals surface area contributed by atoms with Crippen LogP contribution in [0.1, 0.15) is 19.3 Å². The standard InChI is InChI=1S/C12H15BrN2O2S/c1-14-12(11(16)17)5-4-8(7-12)18-10-9(13)3-2-6-15-10/h2-3,6,8,14H,4-5,7H2,1H3,(H,16,17). The number of carboxylic acids is 1. The Morgan fingerprint density at radius 2 is 2.50 bits per heavy atom. The first-order valence-electron chi connectivity index (χ1n) is 5.77. The van der Waals surface area contributed by atoms with Crippen LogP contribution in [-0.4, -0.2) is 33.9 Å². The Bertz CT molecular complexity index is 457. The van der Waals surface area contributed by atoms with E-state index in [1.165, 1.54) is 0 Å². The van der Waals surface area contributed by atoms with Crippen LogP contribution < -0.4 is 5.32 Å². The van der Waals surface area contributed by atoms with Gasteiger partial charge in [-0.25, -0.2) is 4.98 Å². The van der Waals surface area contributed by atoms with Crippen molar-refractivity contribution >= 4 is 33.7 Å². The number of carbonyl (C=O) groups is 1. The third kappa shape index (κ3) is 2.70. The maximum Gasteiger partial charge on any atom is 0.323 e. The van der Waals surface area contributed by atoms with Gasteiger partial charge in [0.05, 0.1) is 0 Å². The van der Waals surface area contributed by atoms with E-state index < -0.39 is 11.5 Å². The first-order valence-corrected chi connectivity index (χ1v) is 7.44. The Morgan fingerprint density at radius 3 is 3.06 bits per heavy atom. The molecule has 2 unspecified atom stereocenters. The topological polar surface area (TPSA) is 62.2 Å². The Balaban J connectivity index is 2.06. The minimum Gasteiger partial charge on any atom is -0.480 e. The Hall–Kier alpha value is -0.590. The molecule has 6 heteroatoms. The molecule has 98 valence electrons. The van der Waals surface area contributed by atoms with Crippen molar-refractivity contribution in [3.05, 3.63) is 22.8 Å². The highest BCUT2D eigenvalue weighted by Gasteiger charge is 2.44. The minimum absolute atomic E-state index is 0.291. The zero-order valence-electron chi connectivity index (χ0n) is 10.0. The highest BCUT2D eigenvalue weighted by atomic mass is 79.9. The molecule has 4 nitrogen and oxygen atoms in total. The van der Waals surface area contributed by atoms with Crippen LogP contribution in [0.5, 0.6) is 0 Å². The summed E-state index contributed by atoms with van der Waals surface area (Å²) in [5.41, 5.74) is -0.765. The summed E-state index contributed by atoms with van der Waals surface area (Å²) >= 11 is 5.11. The fourth-order valence-corrected chi connectivity index (χ4v) is 4.00. The molecule has 0 saturated heterocycles. The first-order chi connectivity index (χ1) is 8.57. The van der Waals surface area contributed by atoms with Crippen LogP contribution in [0.2, 0.25) is 0 Å². The van der Waals surface area contributed by atoms with Crippen molar-refractivity contribution in [2.75, 3.05) is 7.05 Å². The van der Waals surface area contributed by atoms with Crippen LogP contribution in [0.4, 0.5) is 0 Å². The molecule has 18 heavy (non-hydrogen) atoms. The van der Waals surface area contributed by atoms with Gasteiger partial charge in [0.25, 0.3) is 0 Å². The quantitative estimate of drug-likeness (QED) is 0.888. The zero-order valence-corrected chi connectivity index (χ0v) is 12.4. The number of hydrogen-bond donors (Lipinski definition) is 2. The summed E-state index contributed by atoms with van der Waals surface area (Å²) in [5.74, 6) is -0.756. The number of halogens is 1. The number of rotatable bonds is 4. The Morgan fingerprint density at radius 1 is 1.72 bits per heavy atom. The SMILES string of the molecule is CNC1(C(=O)O)CCC(Sc2ncccc2Br)C1. The minimum atomic E-state index is -0.765. The Labute approximate surface area is 119 Å². The van der Waals surface area contributed by atoms with Gasteiger partial charge in [-0.05, 0) is 54.4 Å². The molecule has 2 N–H and O–H groups in total. The maximum atomic E-state index is 11.3. The highest BCUT2D eigenvalue weighted by molar-refractivity contribution is 9.10. The predicted molar refractivity (Wildman–Crippen MR) is 74.9 cm³/mol. The van der Waals surface area contributed by atoms with E-state index in [1.54, 1.807) is 25.0 Å². The average Bonchev–Trinajstić information content (AvgIpc) is 2.77. The van der Waals surface area contributed by atoms with Crippen LogP contribution in [0, 0.1) is 0 Å². The summed E-state index contributed by atoms with van der Waals surface area (Å²) in [5, 5.41) is 13.5. The van der Waals surface area contributed by atoms with Crippen molar-refractivity contribution in [1.82, 2.24) is 10.3 Å². The zero-order chi connectivity index (χ0) is 13.2. The van der Waals surface area contributed by atoms with E-state index >= 15 is 0 Å². The third-order valence-corrected chi connectivity index (χ3v) is 5.55. The van der Waals surface area contributed by atoms with Gasteiger partial charge in [-0.2, -0.15) is 0 Å². The van der Waals surface area contributed by atoms with Gasteiger partial charge in [0.2, 0.25) is 0 Å². The summed E-state index contributed by atoms with van der Waals surface area (Å²) in [6.45, 7) is 0. The lowest BCUT2D eigenvalue weighted by Crippen LogP contribution is -2.48. The molecule has 2 atom stereocenters. The molecule has 1 aromatic heterocycles. The van der Waals surface area contributed by atoms with E-state index in [2.05, 4.69) is 26.2 Å². The number of nitrogens with one attached hydrogen (secondary N) is 1. The molecule has 1 saturated carbocycles. The molecule has 0 bridgehead atoms. The largest absolute Gasteiger partial charge is 0.480 e. The molecule has 1 aliphatic carbocycles. The second kappa shape index (κ2) is 5.59. The van der Waals surface area contributed by atoms with Crippen LogP contribution in [0.25, 0.3) is 0 Å². The summed E-state index contributed by atoms with van der Waals surface area (Å²) in [6.07, 6.45) is 3.94. The van der Waals surface area contributed by atoms with Gasteiger partial charge in [-0.1, -0.05) is 0 Å². The number of carboxylic acid groups (broad SMARTS) is 1. The number of pyridine rings is 1. The van der Waals surface area contributed by atoms with Crippen LogP contribution in [-0.2, 0) is 4.79 Å². The van der Waals surface area contributed by atoms with E-state index in [1.807, 2.05) is 12.1 Å². The molecule has 1 heterocycles. The van der Waals surface area contributed by atoms with Crippen molar-refractivity contribution in [2.24, 2.45) is 0 Å². The van der Waals surface area contributed by atoms with Gasteiger partial charge < -0.3 is 10.4 Å². The molecule has 1 aromatic rings. The molecular formula is C12H15BrN2O2S. The summed E-state index contributed by atoms with van der Waals surface area (Å²) < 4.78 is 0.965. The fourth-order valence-electron chi connectivity index (χ4n) is 2.24. The second-order valence-electron chi connectivity index (χ2n) is 4.41. The van der Waals surface area contributed by atoms with Crippen molar-refractivity contribution in [3.63, 3.8) is 0 Å². The van der Waals surface area contributed by atoms with Crippen LogP contribution >= 0.6 is 27.7 Å². The average molecular weight is 331 g/mol. The molecule has 1 aliphatic rings. The van der Waals surface area contributed by atoms with Gasteiger partial charge in [0.1, 0.15) is 10.6 Å². The number of likely N-dealkylation sites (N-methyl/N-ethyl adjacent to an activating group) is 1. The van der Waals surface area contributed by atoms with Gasteiger partial charge >= 0.3 is 5.97 Å². The fraction of sp³-hybridized carbons (Fsp3) is 0.500. The lowest BCUT2D eigenvalue weighted by molar-refractivity contribution is -0.144. The van der Waals surface area contributed by atoms with E-state index in [9.17, 15) is 9.90 Å². The van der Waals surface area contributed by atoms with Gasteiger partial charge in [-0.3, -0.25) is 4.79 Å². The maximum absolute atomic E-state index is 11.3. The smallest absolute Gasteiger partial charge is 0.323 e. The van der Waals surface area contributed by atoms with E-state index in [0.717, 1.165) is 15.9 Å². The molecule has 0 aliphatic heterocycles. The lowest BCUT2D eigenvalue weighted by Gasteiger charge is -2.23. The summed E-state index contributed by atoms with van der Waals surface area (Å²) in [7, 11) is 1.72. The predicted octanol–water partition coefficient (Wildman–Crippen LogP) is 2.53. The lowest BCUT2D eigenvalue weighted by atomic mass is 9.99. The first kappa shape index (κ1) is 13.8. The number of nitrogens with zero attached hydrogens (tertiary/aromatic N) is 1. The van der Waals surface area contributed by atoms with Gasteiger partial charge in [-0.15, -0.1) is 11.8 Å². The van der Waals surface area contributed by atoms with Gasteiger partial charge in [0.15, 0.2) is 0 Å². The van der Waals surface area contributed by atoms with Crippen molar-refractivity contribution in [2.45, 2.75) is 35.1 Å². The van der Waals surface area contributed by atoms with Crippen molar-refractivity contribution in [3.8, 4) is 0 Å². The van der Waals surface area contributed by atoms with E-state index in [4.69, 9.17) is 0 Å². The molecule has 0 amide bonds. The molecule has 0 radical (unpaired) electrons. The van der Waals surface area contributed by atoms with Crippen molar-refractivity contribution < 1.29 is 9.90 Å². The summed E-state index contributed by atoms with van der Waals surface area (Å²) in [4.78, 5) is 15.6. The molecule has 0 spiro atoms. The molecule has 1 fully saturated rings. The number of aliphatic carboxylic acids is 1. The number of thioether (sulfide) groups is 1. The highest BCUT2D eigenvalue weighted by Crippen LogP contribution is 2.41. The van der Waals surface area contributed by atoms with Crippen LogP contribution in [0.15, 0.2) is 27.8 Å². The molecular weight excluding hydrogens is 316 g/mol. The van der Waals surface area contributed by atoms with Gasteiger partial charge in [0, 0.05) is 15.9 Å². The van der Waals surface area contributed by atoms with Crippen LogP contribution in [0.3, 0.4) is 0 Å². The van der Waals surface area contributed by atoms with E-state index in [-0.39, 0.29) is 0 Å². The Kier molecular flexibility index (Phi) is 4.29. The monoisotopic (exact) mass is 330 g/mol. The second-order valence-corrected chi connectivity index (χ2v) is 6.55.